The van der Waals surface area contributed by atoms with Crippen molar-refractivity contribution in [3.63, 3.8) is 0 Å². The Hall–Kier alpha value is -7.50. The van der Waals surface area contributed by atoms with E-state index >= 15 is 0 Å². The molecule has 0 radical (unpaired) electrons. The topological polar surface area (TPSA) is 56.5 Å². The van der Waals surface area contributed by atoms with E-state index < -0.39 is 0 Å². The molecule has 0 aliphatic carbocycles. The molecule has 0 N–H and O–H groups in total. The van der Waals surface area contributed by atoms with Crippen LogP contribution in [0.2, 0.25) is 0 Å². The zero-order valence-electron chi connectivity index (χ0n) is 29.8. The molecular weight excluding hydrogens is 671 g/mol. The molecular formula is C50H33N5. The summed E-state index contributed by atoms with van der Waals surface area (Å²) in [7, 11) is 0. The van der Waals surface area contributed by atoms with Crippen molar-refractivity contribution in [3.8, 4) is 73.2 Å². The number of fused-ring (bicyclic) bond motifs is 3. The van der Waals surface area contributed by atoms with Crippen molar-refractivity contribution < 1.29 is 0 Å². The Bertz CT molecular complexity index is 2790. The van der Waals surface area contributed by atoms with Crippen LogP contribution in [-0.2, 0) is 0 Å². The third-order valence-corrected chi connectivity index (χ3v) is 10.2. The van der Waals surface area contributed by atoms with Gasteiger partial charge in [0.25, 0.3) is 0 Å². The molecule has 258 valence electrons. The maximum absolute atomic E-state index is 5.19. The number of pyridine rings is 1. The van der Waals surface area contributed by atoms with E-state index in [0.717, 1.165) is 55.3 Å². The summed E-state index contributed by atoms with van der Waals surface area (Å²) >= 11 is 0. The number of hydrogen-bond donors (Lipinski definition) is 0. The van der Waals surface area contributed by atoms with Crippen molar-refractivity contribution in [3.05, 3.63) is 200 Å². The SMILES string of the molecule is c1ccc(-c2ccc3c(c2)c2cc(-c4ccccc4)ccc2n3-c2cc(-c3cccnc3)ccc2-c2nc(-c3ccccc3)nc(-c3ccccc3)n2)cc1. The van der Waals surface area contributed by atoms with Crippen LogP contribution in [0.5, 0.6) is 0 Å². The highest BCUT2D eigenvalue weighted by molar-refractivity contribution is 6.12. The van der Waals surface area contributed by atoms with E-state index in [0.29, 0.717) is 17.5 Å². The number of benzene rings is 7. The predicted molar refractivity (Wildman–Crippen MR) is 225 cm³/mol. The Morgan fingerprint density at radius 3 is 1.25 bits per heavy atom. The molecule has 5 heteroatoms. The van der Waals surface area contributed by atoms with Crippen LogP contribution in [0, 0.1) is 0 Å². The van der Waals surface area contributed by atoms with Gasteiger partial charge in [0.2, 0.25) is 0 Å². The van der Waals surface area contributed by atoms with Crippen molar-refractivity contribution in [2.75, 3.05) is 0 Å². The summed E-state index contributed by atoms with van der Waals surface area (Å²) in [4.78, 5) is 19.8. The Kier molecular flexibility index (Phi) is 8.08. The number of aromatic nitrogens is 5. The van der Waals surface area contributed by atoms with E-state index in [-0.39, 0.29) is 0 Å². The van der Waals surface area contributed by atoms with Crippen molar-refractivity contribution in [1.29, 1.82) is 0 Å². The van der Waals surface area contributed by atoms with E-state index in [1.165, 1.54) is 22.3 Å². The highest BCUT2D eigenvalue weighted by Gasteiger charge is 2.21. The molecule has 0 spiro atoms. The third kappa shape index (κ3) is 6.04. The van der Waals surface area contributed by atoms with Gasteiger partial charge in [-0.2, -0.15) is 0 Å². The largest absolute Gasteiger partial charge is 0.308 e. The first-order valence-electron chi connectivity index (χ1n) is 18.4. The zero-order valence-corrected chi connectivity index (χ0v) is 29.8. The molecule has 0 bridgehead atoms. The normalized spacial score (nSPS) is 11.3. The van der Waals surface area contributed by atoms with Crippen molar-refractivity contribution in [1.82, 2.24) is 24.5 Å². The molecule has 5 nitrogen and oxygen atoms in total. The third-order valence-electron chi connectivity index (χ3n) is 10.2. The first kappa shape index (κ1) is 32.2. The van der Waals surface area contributed by atoms with Crippen LogP contribution < -0.4 is 0 Å². The fourth-order valence-electron chi connectivity index (χ4n) is 7.45. The monoisotopic (exact) mass is 703 g/mol. The van der Waals surface area contributed by atoms with Crippen LogP contribution in [-0.4, -0.2) is 24.5 Å². The molecule has 0 saturated heterocycles. The molecule has 0 aliphatic heterocycles. The summed E-state index contributed by atoms with van der Waals surface area (Å²) in [6.45, 7) is 0. The molecule has 55 heavy (non-hydrogen) atoms. The van der Waals surface area contributed by atoms with E-state index in [2.05, 4.69) is 131 Å². The summed E-state index contributed by atoms with van der Waals surface area (Å²) < 4.78 is 2.37. The van der Waals surface area contributed by atoms with Crippen LogP contribution >= 0.6 is 0 Å². The predicted octanol–water partition coefficient (Wildman–Crippen LogP) is 12.4. The Morgan fingerprint density at radius 1 is 0.327 bits per heavy atom. The second-order valence-electron chi connectivity index (χ2n) is 13.5. The van der Waals surface area contributed by atoms with Gasteiger partial charge in [-0.05, 0) is 70.3 Å². The molecule has 0 atom stereocenters. The lowest BCUT2D eigenvalue weighted by molar-refractivity contribution is 1.06. The van der Waals surface area contributed by atoms with Gasteiger partial charge in [0.1, 0.15) is 0 Å². The molecule has 0 saturated carbocycles. The van der Waals surface area contributed by atoms with Crippen LogP contribution in [0.4, 0.5) is 0 Å². The maximum Gasteiger partial charge on any atom is 0.166 e. The first-order chi connectivity index (χ1) is 27.3. The van der Waals surface area contributed by atoms with E-state index in [9.17, 15) is 0 Å². The van der Waals surface area contributed by atoms with Gasteiger partial charge in [-0.15, -0.1) is 0 Å². The lowest BCUT2D eigenvalue weighted by atomic mass is 10.0. The number of rotatable bonds is 7. The van der Waals surface area contributed by atoms with Crippen LogP contribution in [0.15, 0.2) is 200 Å². The molecule has 3 aromatic heterocycles. The van der Waals surface area contributed by atoms with E-state index in [1.807, 2.05) is 72.9 Å². The Labute approximate surface area is 318 Å². The van der Waals surface area contributed by atoms with Gasteiger partial charge < -0.3 is 4.57 Å². The second kappa shape index (κ2) is 13.8. The van der Waals surface area contributed by atoms with E-state index in [1.54, 1.807) is 6.20 Å². The first-order valence-corrected chi connectivity index (χ1v) is 18.4. The fourth-order valence-corrected chi connectivity index (χ4v) is 7.45. The molecule has 10 aromatic rings. The lowest BCUT2D eigenvalue weighted by Gasteiger charge is -2.16. The van der Waals surface area contributed by atoms with Gasteiger partial charge in [-0.3, -0.25) is 4.98 Å². The van der Waals surface area contributed by atoms with Gasteiger partial charge in [-0.1, -0.05) is 146 Å². The van der Waals surface area contributed by atoms with Crippen LogP contribution in [0.1, 0.15) is 0 Å². The fraction of sp³-hybridized carbons (Fsp3) is 0. The minimum Gasteiger partial charge on any atom is -0.308 e. The summed E-state index contributed by atoms with van der Waals surface area (Å²) in [5.41, 5.74) is 12.6. The van der Waals surface area contributed by atoms with Gasteiger partial charge in [0, 0.05) is 45.4 Å². The van der Waals surface area contributed by atoms with Gasteiger partial charge in [0.05, 0.1) is 16.7 Å². The quantitative estimate of drug-likeness (QED) is 0.166. The van der Waals surface area contributed by atoms with Crippen LogP contribution in [0.3, 0.4) is 0 Å². The van der Waals surface area contributed by atoms with Crippen molar-refractivity contribution in [2.45, 2.75) is 0 Å². The number of nitrogens with zero attached hydrogens (tertiary/aromatic N) is 5. The summed E-state index contributed by atoms with van der Waals surface area (Å²) in [5.74, 6) is 1.83. The van der Waals surface area contributed by atoms with Gasteiger partial charge >= 0.3 is 0 Å². The zero-order chi connectivity index (χ0) is 36.6. The van der Waals surface area contributed by atoms with Gasteiger partial charge in [0.15, 0.2) is 17.5 Å². The highest BCUT2D eigenvalue weighted by Crippen LogP contribution is 2.41. The van der Waals surface area contributed by atoms with E-state index in [4.69, 9.17) is 15.0 Å². The summed E-state index contributed by atoms with van der Waals surface area (Å²) in [6.07, 6.45) is 3.72. The minimum atomic E-state index is 0.595. The molecule has 0 unspecified atom stereocenters. The van der Waals surface area contributed by atoms with Crippen molar-refractivity contribution in [2.24, 2.45) is 0 Å². The maximum atomic E-state index is 5.19. The lowest BCUT2D eigenvalue weighted by Crippen LogP contribution is -2.04. The minimum absolute atomic E-state index is 0.595. The number of hydrogen-bond acceptors (Lipinski definition) is 4. The molecule has 3 heterocycles. The molecule has 7 aromatic carbocycles. The average Bonchev–Trinajstić information content (AvgIpc) is 3.60. The smallest absolute Gasteiger partial charge is 0.166 e. The molecule has 0 amide bonds. The molecule has 10 rings (SSSR count). The standard InChI is InChI=1S/C50H33N5/c1-5-14-34(15-6-1)38-24-27-45-43(30-38)44-31-39(35-16-7-2-8-17-35)25-28-46(44)55(45)47-32-40(41-22-13-29-51-33-41)23-26-42(47)50-53-48(36-18-9-3-10-19-36)52-49(54-50)37-20-11-4-12-21-37/h1-33H. The summed E-state index contributed by atoms with van der Waals surface area (Å²) in [6, 6.07) is 65.6. The van der Waals surface area contributed by atoms with Gasteiger partial charge in [-0.25, -0.2) is 15.0 Å². The highest BCUT2D eigenvalue weighted by atomic mass is 15.1. The Balaban J connectivity index is 1.28. The molecule has 0 fully saturated rings. The Morgan fingerprint density at radius 2 is 0.764 bits per heavy atom. The summed E-state index contributed by atoms with van der Waals surface area (Å²) in [5, 5.41) is 2.33. The van der Waals surface area contributed by atoms with Crippen molar-refractivity contribution >= 4 is 21.8 Å². The average molecular weight is 704 g/mol. The molecule has 0 aliphatic rings. The van der Waals surface area contributed by atoms with Crippen LogP contribution in [0.25, 0.3) is 95.0 Å². The second-order valence-corrected chi connectivity index (χ2v) is 13.5.